The van der Waals surface area contributed by atoms with Crippen molar-refractivity contribution in [2.24, 2.45) is 5.92 Å². The molecule has 1 rings (SSSR count). The van der Waals surface area contributed by atoms with Gasteiger partial charge in [0.05, 0.1) is 5.92 Å². The van der Waals surface area contributed by atoms with E-state index in [2.05, 4.69) is 0 Å². The molecule has 0 aromatic rings. The molecular weight excluding hydrogens is 173 g/mol. The second-order valence-electron chi connectivity index (χ2n) is 2.32. The zero-order chi connectivity index (χ0) is 5.98. The van der Waals surface area contributed by atoms with E-state index in [-0.39, 0.29) is 94.6 Å². The van der Waals surface area contributed by atoms with Crippen molar-refractivity contribution in [3.05, 3.63) is 0 Å². The second kappa shape index (κ2) is 10.6. The van der Waals surface area contributed by atoms with Gasteiger partial charge in [-0.1, -0.05) is 12.8 Å². The van der Waals surface area contributed by atoms with Crippen molar-refractivity contribution in [3.63, 3.8) is 0 Å². The average molecular weight is 183 g/mol. The molecule has 1 aliphatic carbocycles. The predicted molar refractivity (Wildman–Crippen MR) is 46.9 cm³/mol. The van der Waals surface area contributed by atoms with Gasteiger partial charge in [-0.25, -0.2) is 0 Å². The SMILES string of the molecule is O=C(O)C1CCCC1.[Na].[Na].[Na]. The zero-order valence-corrected chi connectivity index (χ0v) is 13.8. The van der Waals surface area contributed by atoms with Gasteiger partial charge in [0.15, 0.2) is 0 Å². The van der Waals surface area contributed by atoms with Crippen LogP contribution >= 0.6 is 0 Å². The number of rotatable bonds is 1. The van der Waals surface area contributed by atoms with E-state index in [1.807, 2.05) is 0 Å². The van der Waals surface area contributed by atoms with E-state index in [1.165, 1.54) is 0 Å². The third-order valence-electron chi connectivity index (χ3n) is 1.70. The number of hydrogen-bond acceptors (Lipinski definition) is 1. The van der Waals surface area contributed by atoms with E-state index in [0.29, 0.717) is 0 Å². The van der Waals surface area contributed by atoms with Crippen molar-refractivity contribution in [2.45, 2.75) is 25.7 Å². The van der Waals surface area contributed by atoms with Crippen molar-refractivity contribution in [1.29, 1.82) is 0 Å². The zero-order valence-electron chi connectivity index (χ0n) is 7.76. The van der Waals surface area contributed by atoms with Gasteiger partial charge in [0, 0.05) is 88.7 Å². The molecule has 1 N–H and O–H groups in total. The van der Waals surface area contributed by atoms with Crippen molar-refractivity contribution < 1.29 is 9.90 Å². The first kappa shape index (κ1) is 19.1. The van der Waals surface area contributed by atoms with Crippen LogP contribution in [0.15, 0.2) is 0 Å². The summed E-state index contributed by atoms with van der Waals surface area (Å²) in [6.07, 6.45) is 4.01. The van der Waals surface area contributed by atoms with Crippen molar-refractivity contribution in [1.82, 2.24) is 0 Å². The predicted octanol–water partition coefficient (Wildman–Crippen LogP) is 0.119. The fourth-order valence-electron chi connectivity index (χ4n) is 1.17. The molecule has 11 heavy (non-hydrogen) atoms. The summed E-state index contributed by atoms with van der Waals surface area (Å²) in [4.78, 5) is 10.2. The number of aliphatic carboxylic acids is 1. The summed E-state index contributed by atoms with van der Waals surface area (Å²) in [5, 5.41) is 8.41. The molecule has 0 saturated heterocycles. The summed E-state index contributed by atoms with van der Waals surface area (Å²) in [6.45, 7) is 0. The van der Waals surface area contributed by atoms with Crippen LogP contribution < -0.4 is 0 Å². The smallest absolute Gasteiger partial charge is 0.306 e. The molecule has 0 amide bonds. The van der Waals surface area contributed by atoms with Gasteiger partial charge in [-0.15, -0.1) is 0 Å². The molecular formula is C6H10Na3O2. The maximum Gasteiger partial charge on any atom is 0.306 e. The summed E-state index contributed by atoms with van der Waals surface area (Å²) < 4.78 is 0. The molecule has 5 heteroatoms. The van der Waals surface area contributed by atoms with Gasteiger partial charge in [-0.05, 0) is 12.8 Å². The Labute approximate surface area is 134 Å². The quantitative estimate of drug-likeness (QED) is 0.586. The first-order valence-corrected chi connectivity index (χ1v) is 3.03. The first-order valence-electron chi connectivity index (χ1n) is 3.03. The molecule has 1 aliphatic rings. The van der Waals surface area contributed by atoms with Crippen LogP contribution in [-0.2, 0) is 4.79 Å². The normalized spacial score (nSPS) is 15.6. The first-order chi connectivity index (χ1) is 3.80. The number of hydrogen-bond donors (Lipinski definition) is 1. The van der Waals surface area contributed by atoms with Crippen LogP contribution in [0.1, 0.15) is 25.7 Å². The summed E-state index contributed by atoms with van der Waals surface area (Å²) in [5.41, 5.74) is 0. The summed E-state index contributed by atoms with van der Waals surface area (Å²) in [5.74, 6) is -0.627. The van der Waals surface area contributed by atoms with Crippen LogP contribution in [-0.4, -0.2) is 99.7 Å². The molecule has 0 aliphatic heterocycles. The molecule has 0 aromatic carbocycles. The third-order valence-corrected chi connectivity index (χ3v) is 1.70. The Kier molecular flexibility index (Phi) is 18.3. The van der Waals surface area contributed by atoms with E-state index in [4.69, 9.17) is 5.11 Å². The Balaban J connectivity index is -0.000000213. The molecule has 0 bridgehead atoms. The van der Waals surface area contributed by atoms with Crippen LogP contribution in [0.4, 0.5) is 0 Å². The Bertz CT molecular complexity index is 102. The van der Waals surface area contributed by atoms with Crippen LogP contribution in [0.25, 0.3) is 0 Å². The molecule has 2 nitrogen and oxygen atoms in total. The van der Waals surface area contributed by atoms with Crippen LogP contribution in [0.2, 0.25) is 0 Å². The van der Waals surface area contributed by atoms with Gasteiger partial charge in [0.1, 0.15) is 0 Å². The third kappa shape index (κ3) is 7.53. The molecule has 0 spiro atoms. The molecule has 0 aromatic heterocycles. The topological polar surface area (TPSA) is 37.3 Å². The van der Waals surface area contributed by atoms with Crippen molar-refractivity contribution in [3.8, 4) is 0 Å². The minimum Gasteiger partial charge on any atom is -0.481 e. The maximum absolute atomic E-state index is 10.2. The monoisotopic (exact) mass is 183 g/mol. The Morgan fingerprint density at radius 2 is 1.45 bits per heavy atom. The standard InChI is InChI=1S/C6H10O2.3Na/c7-6(8)5-3-1-2-4-5;;;/h5H,1-4H2,(H,7,8);;;. The van der Waals surface area contributed by atoms with E-state index in [1.54, 1.807) is 0 Å². The van der Waals surface area contributed by atoms with Crippen LogP contribution in [0.5, 0.6) is 0 Å². The fourth-order valence-corrected chi connectivity index (χ4v) is 1.17. The number of carboxylic acids is 1. The number of carboxylic acid groups (broad SMARTS) is 1. The summed E-state index contributed by atoms with van der Waals surface area (Å²) >= 11 is 0. The largest absolute Gasteiger partial charge is 0.481 e. The molecule has 0 atom stereocenters. The molecule has 3 radical (unpaired) electrons. The number of carbonyl (C=O) groups is 1. The van der Waals surface area contributed by atoms with E-state index >= 15 is 0 Å². The van der Waals surface area contributed by atoms with Gasteiger partial charge in [0.25, 0.3) is 0 Å². The van der Waals surface area contributed by atoms with E-state index in [0.717, 1.165) is 25.7 Å². The average Bonchev–Trinajstić information content (AvgIpc) is 2.12. The van der Waals surface area contributed by atoms with Gasteiger partial charge in [-0.3, -0.25) is 4.79 Å². The Morgan fingerprint density at radius 1 is 1.09 bits per heavy atom. The fraction of sp³-hybridized carbons (Fsp3) is 0.833. The van der Waals surface area contributed by atoms with Crippen LogP contribution in [0.3, 0.4) is 0 Å². The van der Waals surface area contributed by atoms with Gasteiger partial charge < -0.3 is 5.11 Å². The second-order valence-corrected chi connectivity index (χ2v) is 2.32. The van der Waals surface area contributed by atoms with E-state index < -0.39 is 5.97 Å². The van der Waals surface area contributed by atoms with Crippen LogP contribution in [0, 0.1) is 5.92 Å². The molecule has 49 valence electrons. The Hall–Kier alpha value is 2.47. The van der Waals surface area contributed by atoms with Gasteiger partial charge in [-0.2, -0.15) is 0 Å². The minimum atomic E-state index is -0.609. The molecule has 1 fully saturated rings. The maximum atomic E-state index is 10.2. The summed E-state index contributed by atoms with van der Waals surface area (Å²) in [6, 6.07) is 0. The Morgan fingerprint density at radius 3 is 1.64 bits per heavy atom. The summed E-state index contributed by atoms with van der Waals surface area (Å²) in [7, 11) is 0. The molecule has 0 heterocycles. The van der Waals surface area contributed by atoms with Crippen molar-refractivity contribution in [2.75, 3.05) is 0 Å². The van der Waals surface area contributed by atoms with E-state index in [9.17, 15) is 4.79 Å². The van der Waals surface area contributed by atoms with Gasteiger partial charge in [0.2, 0.25) is 0 Å². The molecule has 0 unspecified atom stereocenters. The van der Waals surface area contributed by atoms with Gasteiger partial charge >= 0.3 is 5.97 Å². The minimum absolute atomic E-state index is 0. The van der Waals surface area contributed by atoms with Crippen molar-refractivity contribution >= 4 is 94.6 Å². The molecule has 1 saturated carbocycles.